The van der Waals surface area contributed by atoms with E-state index in [-0.39, 0.29) is 48.4 Å². The third-order valence-corrected chi connectivity index (χ3v) is 9.35. The van der Waals surface area contributed by atoms with Gasteiger partial charge in [0.05, 0.1) is 42.5 Å². The number of aromatic hydroxyl groups is 2. The van der Waals surface area contributed by atoms with Gasteiger partial charge in [-0.3, -0.25) is 14.6 Å². The lowest BCUT2D eigenvalue weighted by Gasteiger charge is -2.29. The van der Waals surface area contributed by atoms with Gasteiger partial charge < -0.3 is 51.6 Å². The summed E-state index contributed by atoms with van der Waals surface area (Å²) in [5, 5.41) is 73.0. The normalized spacial score (nSPS) is 17.2. The molecule has 3 aromatic carbocycles. The van der Waals surface area contributed by atoms with Crippen molar-refractivity contribution >= 4 is 50.4 Å². The summed E-state index contributed by atoms with van der Waals surface area (Å²) in [6.45, 7) is 6.55. The van der Waals surface area contributed by atoms with Crippen LogP contribution >= 0.6 is 15.9 Å². The number of aliphatic hydroxyl groups excluding tert-OH is 3. The van der Waals surface area contributed by atoms with Gasteiger partial charge in [-0.2, -0.15) is 0 Å². The highest BCUT2D eigenvalue weighted by atomic mass is 79.9. The number of fused-ring (bicyclic) bond motifs is 1. The molecule has 5 rings (SSSR count). The Morgan fingerprint density at radius 3 is 2.43 bits per heavy atom. The molecule has 1 aliphatic rings. The van der Waals surface area contributed by atoms with E-state index in [1.54, 1.807) is 36.4 Å². The molecule has 5 atom stereocenters. The van der Waals surface area contributed by atoms with E-state index in [4.69, 9.17) is 0 Å². The molecule has 272 valence electrons. The summed E-state index contributed by atoms with van der Waals surface area (Å²) in [4.78, 5) is 33.7. The van der Waals surface area contributed by atoms with Crippen LogP contribution in [0.25, 0.3) is 10.9 Å². The second kappa shape index (κ2) is 15.7. The molecule has 0 saturated carbocycles. The summed E-state index contributed by atoms with van der Waals surface area (Å²) in [7, 11) is 0. The fourth-order valence-electron chi connectivity index (χ4n) is 6.10. The Morgan fingerprint density at radius 1 is 1.02 bits per heavy atom. The number of aromatic nitrogens is 1. The Balaban J connectivity index is 1.37. The molecule has 0 fully saturated rings. The molecule has 1 aromatic heterocycles. The number of hydrogen-bond acceptors (Lipinski definition) is 10. The largest absolute Gasteiger partial charge is 0.508 e. The molecule has 4 unspecified atom stereocenters. The topological polar surface area (TPSA) is 220 Å². The SMILES string of the molecule is CC(C)(C)c1cc(Br)cc(C(NC(=O)CCC(O)c2cc(O)cc(NC3=NCC(O)CN3)c2)[C@H](CC(O)c2[nH]c3ccccc3c2O)C(=O)O)c1. The Kier molecular flexibility index (Phi) is 11.6. The standard InChI is InChI=1S/C37H44BrN5O8/c1-37(2,3)21-10-20(11-22(38)14-21)32(27(35(50)51)16-30(47)33-34(49)26-6-4-5-7-28(26)42-33)43-31(48)9-8-29(46)19-12-23(15-24(44)13-19)41-36-39-17-25(45)18-40-36/h4-7,10-15,25,27,29-30,32,42,44-47,49H,8-9,16-18H2,1-3H3,(H,43,48)(H,50,51)(H2,39,40,41)/t27-,29?,30?,32?/m0/s1. The second-order valence-electron chi connectivity index (χ2n) is 13.9. The van der Waals surface area contributed by atoms with Crippen LogP contribution in [0.4, 0.5) is 5.69 Å². The number of carboxylic acid groups (broad SMARTS) is 1. The molecule has 1 aliphatic heterocycles. The molecule has 0 spiro atoms. The summed E-state index contributed by atoms with van der Waals surface area (Å²) in [5.74, 6) is -3.04. The molecule has 10 N–H and O–H groups in total. The van der Waals surface area contributed by atoms with Gasteiger partial charge in [-0.15, -0.1) is 0 Å². The highest BCUT2D eigenvalue weighted by Crippen LogP contribution is 2.39. The van der Waals surface area contributed by atoms with E-state index in [9.17, 15) is 40.2 Å². The smallest absolute Gasteiger partial charge is 0.309 e. The fourth-order valence-corrected chi connectivity index (χ4v) is 6.61. The van der Waals surface area contributed by atoms with E-state index in [2.05, 4.69) is 41.9 Å². The first-order valence-corrected chi connectivity index (χ1v) is 17.4. The summed E-state index contributed by atoms with van der Waals surface area (Å²) < 4.78 is 0.677. The monoisotopic (exact) mass is 765 g/mol. The van der Waals surface area contributed by atoms with Gasteiger partial charge in [0, 0.05) is 40.1 Å². The molecule has 4 aromatic rings. The van der Waals surface area contributed by atoms with E-state index < -0.39 is 42.1 Å². The molecule has 0 saturated heterocycles. The van der Waals surface area contributed by atoms with Crippen LogP contribution in [0.2, 0.25) is 0 Å². The van der Waals surface area contributed by atoms with Crippen LogP contribution in [0, 0.1) is 5.92 Å². The third kappa shape index (κ3) is 9.38. The summed E-state index contributed by atoms with van der Waals surface area (Å²) in [5.41, 5.74) is 2.49. The second-order valence-corrected chi connectivity index (χ2v) is 14.8. The number of phenolic OH excluding ortho intramolecular Hbond substituents is 1. The molecule has 14 heteroatoms. The number of phenols is 1. The first-order chi connectivity index (χ1) is 24.1. The molecule has 1 amide bonds. The van der Waals surface area contributed by atoms with E-state index in [0.29, 0.717) is 44.7 Å². The van der Waals surface area contributed by atoms with Gasteiger partial charge in [-0.05, 0) is 71.3 Å². The van der Waals surface area contributed by atoms with Crippen molar-refractivity contribution in [2.24, 2.45) is 10.9 Å². The third-order valence-electron chi connectivity index (χ3n) is 8.90. The predicted octanol–water partition coefficient (Wildman–Crippen LogP) is 4.87. The van der Waals surface area contributed by atoms with Gasteiger partial charge in [0.1, 0.15) is 11.5 Å². The average molecular weight is 767 g/mol. The quantitative estimate of drug-likeness (QED) is 0.0944. The number of nitrogens with one attached hydrogen (secondary N) is 4. The van der Waals surface area contributed by atoms with Gasteiger partial charge in [-0.1, -0.05) is 54.9 Å². The summed E-state index contributed by atoms with van der Waals surface area (Å²) in [6, 6.07) is 15.7. The van der Waals surface area contributed by atoms with E-state index in [1.807, 2.05) is 32.9 Å². The lowest BCUT2D eigenvalue weighted by Crippen LogP contribution is -2.42. The maximum Gasteiger partial charge on any atom is 0.309 e. The number of carbonyl (C=O) groups excluding carboxylic acids is 1. The molecule has 51 heavy (non-hydrogen) atoms. The van der Waals surface area contributed by atoms with Gasteiger partial charge in [0.2, 0.25) is 5.91 Å². The number of carboxylic acids is 1. The number of anilines is 1. The number of H-pyrrole nitrogens is 1. The molecule has 0 aliphatic carbocycles. The first-order valence-electron chi connectivity index (χ1n) is 16.6. The van der Waals surface area contributed by atoms with Crippen LogP contribution < -0.4 is 16.0 Å². The Hall–Kier alpha value is -4.63. The number of nitrogens with zero attached hydrogens (tertiary/aromatic N) is 1. The Bertz CT molecular complexity index is 1920. The molecular weight excluding hydrogens is 722 g/mol. The predicted molar refractivity (Wildman–Crippen MR) is 197 cm³/mol. The van der Waals surface area contributed by atoms with Crippen molar-refractivity contribution in [3.05, 3.63) is 87.5 Å². The van der Waals surface area contributed by atoms with Crippen molar-refractivity contribution in [2.45, 2.75) is 69.8 Å². The molecule has 13 nitrogen and oxygen atoms in total. The minimum atomic E-state index is -1.41. The number of benzene rings is 3. The highest BCUT2D eigenvalue weighted by molar-refractivity contribution is 9.10. The number of β-amino-alcohol motifs (C(OH)–C–C–N with tert-alkyl or cyclic N) is 1. The van der Waals surface area contributed by atoms with Gasteiger partial charge in [-0.25, -0.2) is 0 Å². The van der Waals surface area contributed by atoms with Crippen LogP contribution in [0.5, 0.6) is 11.5 Å². The minimum Gasteiger partial charge on any atom is -0.508 e. The number of amides is 1. The zero-order chi connectivity index (χ0) is 37.0. The fraction of sp³-hybridized carbons (Fsp3) is 0.378. The maximum atomic E-state index is 13.6. The maximum absolute atomic E-state index is 13.6. The van der Waals surface area contributed by atoms with Crippen molar-refractivity contribution in [1.82, 2.24) is 15.6 Å². The summed E-state index contributed by atoms with van der Waals surface area (Å²) >= 11 is 3.54. The van der Waals surface area contributed by atoms with Crippen LogP contribution in [0.1, 0.15) is 80.7 Å². The zero-order valence-corrected chi connectivity index (χ0v) is 30.1. The Labute approximate surface area is 303 Å². The van der Waals surface area contributed by atoms with E-state index >= 15 is 0 Å². The molecular formula is C37H44BrN5O8. The Morgan fingerprint density at radius 2 is 1.76 bits per heavy atom. The highest BCUT2D eigenvalue weighted by Gasteiger charge is 2.35. The van der Waals surface area contributed by atoms with Crippen LogP contribution in [-0.2, 0) is 15.0 Å². The number of halogens is 1. The number of rotatable bonds is 12. The lowest BCUT2D eigenvalue weighted by atomic mass is 9.82. The number of aliphatic hydroxyl groups is 3. The first kappa shape index (κ1) is 37.6. The van der Waals surface area contributed by atoms with Crippen LogP contribution in [-0.4, -0.2) is 72.7 Å². The van der Waals surface area contributed by atoms with Crippen molar-refractivity contribution in [2.75, 3.05) is 18.4 Å². The van der Waals surface area contributed by atoms with Crippen molar-refractivity contribution in [3.8, 4) is 11.5 Å². The number of aromatic amines is 1. The van der Waals surface area contributed by atoms with Crippen LogP contribution in [0.3, 0.4) is 0 Å². The molecule has 0 bridgehead atoms. The molecule has 0 radical (unpaired) electrons. The van der Waals surface area contributed by atoms with Gasteiger partial charge in [0.25, 0.3) is 0 Å². The molecule has 2 heterocycles. The minimum absolute atomic E-state index is 0.0537. The van der Waals surface area contributed by atoms with Gasteiger partial charge >= 0.3 is 5.97 Å². The number of hydrogen-bond donors (Lipinski definition) is 10. The van der Waals surface area contributed by atoms with E-state index in [1.165, 1.54) is 12.1 Å². The average Bonchev–Trinajstić information content (AvgIpc) is 3.41. The van der Waals surface area contributed by atoms with Gasteiger partial charge in [0.15, 0.2) is 5.96 Å². The van der Waals surface area contributed by atoms with Crippen molar-refractivity contribution in [1.29, 1.82) is 0 Å². The number of carbonyl (C=O) groups is 2. The summed E-state index contributed by atoms with van der Waals surface area (Å²) in [6.07, 6.45) is -3.77. The van der Waals surface area contributed by atoms with E-state index in [0.717, 1.165) is 5.56 Å². The lowest BCUT2D eigenvalue weighted by molar-refractivity contribution is -0.144. The number of guanidine groups is 1. The van der Waals surface area contributed by atoms with Crippen molar-refractivity contribution < 1.29 is 40.2 Å². The number of para-hydroxylation sites is 1. The number of aliphatic imine (C=N–C) groups is 1. The zero-order valence-electron chi connectivity index (χ0n) is 28.5. The number of aliphatic carboxylic acids is 1. The van der Waals surface area contributed by atoms with Crippen LogP contribution in [0.15, 0.2) is 70.1 Å². The van der Waals surface area contributed by atoms with Crippen molar-refractivity contribution in [3.63, 3.8) is 0 Å².